The maximum atomic E-state index is 11.0. The number of carboxylic acid groups (broad SMARTS) is 1. The summed E-state index contributed by atoms with van der Waals surface area (Å²) in [4.78, 5) is 18.7. The van der Waals surface area contributed by atoms with Crippen LogP contribution in [0.3, 0.4) is 0 Å². The summed E-state index contributed by atoms with van der Waals surface area (Å²) in [5.74, 6) is -0.526. The van der Waals surface area contributed by atoms with E-state index in [1.165, 1.54) is 6.07 Å². The molecule has 0 aliphatic carbocycles. The van der Waals surface area contributed by atoms with Crippen molar-refractivity contribution in [3.63, 3.8) is 0 Å². The van der Waals surface area contributed by atoms with E-state index in [9.17, 15) is 4.79 Å². The summed E-state index contributed by atoms with van der Waals surface area (Å²) >= 11 is 0. The highest BCUT2D eigenvalue weighted by atomic mass is 16.5. The first-order valence-corrected chi connectivity index (χ1v) is 6.79. The fourth-order valence-electron chi connectivity index (χ4n) is 1.81. The Hall–Kier alpha value is -2.67. The molecule has 0 aliphatic heterocycles. The fourth-order valence-corrected chi connectivity index (χ4v) is 1.81. The number of nitrogen functional groups attached to an aromatic ring is 1. The maximum Gasteiger partial charge on any atom is 0.354 e. The molecule has 0 bridgehead atoms. The molecule has 0 radical (unpaired) electrons. The summed E-state index contributed by atoms with van der Waals surface area (Å²) in [5, 5.41) is 8.99. The van der Waals surface area contributed by atoms with Gasteiger partial charge in [0, 0.05) is 12.2 Å². The topological polar surface area (TPSA) is 108 Å². The van der Waals surface area contributed by atoms with Gasteiger partial charge in [-0.05, 0) is 37.3 Å². The van der Waals surface area contributed by atoms with Crippen molar-refractivity contribution in [2.24, 2.45) is 0 Å². The number of benzene rings is 1. The Balaban J connectivity index is 2.11. The number of rotatable bonds is 7. The highest BCUT2D eigenvalue weighted by Crippen LogP contribution is 2.22. The van der Waals surface area contributed by atoms with Crippen molar-refractivity contribution in [2.45, 2.75) is 6.92 Å². The van der Waals surface area contributed by atoms with E-state index in [1.807, 2.05) is 6.92 Å². The molecule has 1 aromatic carbocycles. The average molecular weight is 303 g/mol. The molecule has 2 aromatic rings. The van der Waals surface area contributed by atoms with Crippen LogP contribution in [0.25, 0.3) is 11.3 Å². The molecule has 3 N–H and O–H groups in total. The van der Waals surface area contributed by atoms with E-state index < -0.39 is 5.97 Å². The standard InChI is InChI=1S/C15H17N3O4/c1-2-21-7-8-22-11-5-3-10(4-6-11)12-9-13(14(19)20)18-15(16)17-12/h3-6,9H,2,7-8H2,1H3,(H,19,20)(H2,16,17,18). The quantitative estimate of drug-likeness (QED) is 0.751. The lowest BCUT2D eigenvalue weighted by Gasteiger charge is -2.08. The van der Waals surface area contributed by atoms with Gasteiger partial charge in [-0.3, -0.25) is 0 Å². The number of hydrogen-bond donors (Lipinski definition) is 2. The molecule has 7 nitrogen and oxygen atoms in total. The lowest BCUT2D eigenvalue weighted by Crippen LogP contribution is -2.06. The minimum absolute atomic E-state index is 0.0769. The van der Waals surface area contributed by atoms with Gasteiger partial charge >= 0.3 is 5.97 Å². The van der Waals surface area contributed by atoms with Crippen LogP contribution in [0.1, 0.15) is 17.4 Å². The van der Waals surface area contributed by atoms with Crippen LogP contribution in [-0.2, 0) is 4.74 Å². The van der Waals surface area contributed by atoms with Crippen molar-refractivity contribution < 1.29 is 19.4 Å². The molecule has 7 heteroatoms. The Morgan fingerprint density at radius 3 is 2.59 bits per heavy atom. The van der Waals surface area contributed by atoms with E-state index in [1.54, 1.807) is 24.3 Å². The first kappa shape index (κ1) is 15.7. The van der Waals surface area contributed by atoms with Crippen LogP contribution in [0.15, 0.2) is 30.3 Å². The SMILES string of the molecule is CCOCCOc1ccc(-c2cc(C(=O)O)nc(N)n2)cc1. The molecular weight excluding hydrogens is 286 g/mol. The number of hydrogen-bond acceptors (Lipinski definition) is 6. The third-order valence-corrected chi connectivity index (χ3v) is 2.81. The molecule has 0 atom stereocenters. The third-order valence-electron chi connectivity index (χ3n) is 2.81. The Bertz CT molecular complexity index is 644. The van der Waals surface area contributed by atoms with Crippen LogP contribution in [0.5, 0.6) is 5.75 Å². The maximum absolute atomic E-state index is 11.0. The first-order chi connectivity index (χ1) is 10.6. The zero-order chi connectivity index (χ0) is 15.9. The van der Waals surface area contributed by atoms with Crippen LogP contribution in [0, 0.1) is 0 Å². The molecule has 0 saturated carbocycles. The second-order valence-electron chi connectivity index (χ2n) is 4.37. The van der Waals surface area contributed by atoms with Crippen molar-refractivity contribution in [1.82, 2.24) is 9.97 Å². The van der Waals surface area contributed by atoms with Gasteiger partial charge in [0.2, 0.25) is 5.95 Å². The number of nitrogens with zero attached hydrogens (tertiary/aromatic N) is 2. The minimum atomic E-state index is -1.15. The van der Waals surface area contributed by atoms with Crippen molar-refractivity contribution in [2.75, 3.05) is 25.6 Å². The molecule has 2 rings (SSSR count). The molecule has 0 amide bonds. The molecule has 0 spiro atoms. The molecule has 0 unspecified atom stereocenters. The molecule has 0 fully saturated rings. The zero-order valence-electron chi connectivity index (χ0n) is 12.2. The summed E-state index contributed by atoms with van der Waals surface area (Å²) in [5.41, 5.74) is 6.58. The van der Waals surface area contributed by atoms with Gasteiger partial charge in [-0.25, -0.2) is 14.8 Å². The summed E-state index contributed by atoms with van der Waals surface area (Å²) in [6.07, 6.45) is 0. The van der Waals surface area contributed by atoms with E-state index in [2.05, 4.69) is 9.97 Å². The highest BCUT2D eigenvalue weighted by Gasteiger charge is 2.10. The molecule has 22 heavy (non-hydrogen) atoms. The van der Waals surface area contributed by atoms with Gasteiger partial charge in [0.15, 0.2) is 5.69 Å². The van der Waals surface area contributed by atoms with Crippen LogP contribution >= 0.6 is 0 Å². The number of nitrogens with two attached hydrogens (primary N) is 1. The summed E-state index contributed by atoms with van der Waals surface area (Å²) < 4.78 is 10.7. The summed E-state index contributed by atoms with van der Waals surface area (Å²) in [6, 6.07) is 8.50. The third kappa shape index (κ3) is 4.16. The molecule has 116 valence electrons. The van der Waals surface area contributed by atoms with Crippen LogP contribution < -0.4 is 10.5 Å². The van der Waals surface area contributed by atoms with Gasteiger partial charge in [0.1, 0.15) is 12.4 Å². The number of ether oxygens (including phenoxy) is 2. The van der Waals surface area contributed by atoms with Gasteiger partial charge in [-0.15, -0.1) is 0 Å². The number of carboxylic acids is 1. The van der Waals surface area contributed by atoms with Gasteiger partial charge in [-0.1, -0.05) is 0 Å². The summed E-state index contributed by atoms with van der Waals surface area (Å²) in [6.45, 7) is 3.58. The van der Waals surface area contributed by atoms with E-state index in [4.69, 9.17) is 20.3 Å². The van der Waals surface area contributed by atoms with Gasteiger partial charge in [0.25, 0.3) is 0 Å². The van der Waals surface area contributed by atoms with Crippen LogP contribution in [0.2, 0.25) is 0 Å². The van der Waals surface area contributed by atoms with E-state index in [0.717, 1.165) is 5.56 Å². The average Bonchev–Trinajstić information content (AvgIpc) is 2.51. The predicted molar refractivity (Wildman–Crippen MR) is 80.8 cm³/mol. The van der Waals surface area contributed by atoms with Crippen LogP contribution in [0.4, 0.5) is 5.95 Å². The van der Waals surface area contributed by atoms with E-state index in [0.29, 0.717) is 31.3 Å². The van der Waals surface area contributed by atoms with Gasteiger partial charge in [-0.2, -0.15) is 0 Å². The van der Waals surface area contributed by atoms with Gasteiger partial charge in [0.05, 0.1) is 12.3 Å². The molecule has 0 saturated heterocycles. The number of aromatic carboxylic acids is 1. The zero-order valence-corrected chi connectivity index (χ0v) is 12.2. The molecule has 0 aliphatic rings. The number of anilines is 1. The Kier molecular flexibility index (Phi) is 5.26. The smallest absolute Gasteiger partial charge is 0.354 e. The lowest BCUT2D eigenvalue weighted by molar-refractivity contribution is 0.0690. The Morgan fingerprint density at radius 2 is 1.95 bits per heavy atom. The Morgan fingerprint density at radius 1 is 1.23 bits per heavy atom. The van der Waals surface area contributed by atoms with Crippen LogP contribution in [-0.4, -0.2) is 40.9 Å². The normalized spacial score (nSPS) is 10.4. The Labute approximate surface area is 127 Å². The first-order valence-electron chi connectivity index (χ1n) is 6.79. The van der Waals surface area contributed by atoms with Crippen molar-refractivity contribution >= 4 is 11.9 Å². The summed E-state index contributed by atoms with van der Waals surface area (Å²) in [7, 11) is 0. The van der Waals surface area contributed by atoms with E-state index >= 15 is 0 Å². The van der Waals surface area contributed by atoms with Crippen molar-refractivity contribution in [3.8, 4) is 17.0 Å². The van der Waals surface area contributed by atoms with Crippen molar-refractivity contribution in [1.29, 1.82) is 0 Å². The minimum Gasteiger partial charge on any atom is -0.491 e. The fraction of sp³-hybridized carbons (Fsp3) is 0.267. The van der Waals surface area contributed by atoms with Gasteiger partial charge < -0.3 is 20.3 Å². The monoisotopic (exact) mass is 303 g/mol. The number of aromatic nitrogens is 2. The second-order valence-corrected chi connectivity index (χ2v) is 4.37. The number of carbonyl (C=O) groups is 1. The molecule has 1 heterocycles. The molecular formula is C15H17N3O4. The van der Waals surface area contributed by atoms with E-state index in [-0.39, 0.29) is 11.6 Å². The lowest BCUT2D eigenvalue weighted by atomic mass is 10.1. The highest BCUT2D eigenvalue weighted by molar-refractivity contribution is 5.87. The second kappa shape index (κ2) is 7.37. The largest absolute Gasteiger partial charge is 0.491 e. The van der Waals surface area contributed by atoms with Crippen molar-refractivity contribution in [3.05, 3.63) is 36.0 Å². The predicted octanol–water partition coefficient (Wildman–Crippen LogP) is 1.84. The molecule has 1 aromatic heterocycles.